The topological polar surface area (TPSA) is 9.23 Å². The van der Waals surface area contributed by atoms with Crippen LogP contribution in [-0.2, 0) is 6.18 Å². The minimum atomic E-state index is -4.99. The molecule has 1 aromatic carbocycles. The minimum absolute atomic E-state index is 0.397. The molecule has 0 spiro atoms. The molecule has 0 atom stereocenters. The van der Waals surface area contributed by atoms with E-state index in [9.17, 15) is 26.3 Å². The van der Waals surface area contributed by atoms with E-state index in [1.807, 2.05) is 0 Å². The molecule has 90 valence electrons. The smallest absolute Gasteiger partial charge is 0.417 e. The highest BCUT2D eigenvalue weighted by Gasteiger charge is 2.37. The zero-order chi connectivity index (χ0) is 12.6. The second kappa shape index (κ2) is 4.04. The van der Waals surface area contributed by atoms with Crippen LogP contribution in [-0.4, -0.2) is 5.57 Å². The number of halogens is 7. The Balaban J connectivity index is 3.15. The van der Waals surface area contributed by atoms with Gasteiger partial charge in [0.05, 0.1) is 5.56 Å². The number of alkyl halides is 6. The van der Waals surface area contributed by atoms with Crippen LogP contribution >= 0.6 is 11.6 Å². The van der Waals surface area contributed by atoms with Crippen molar-refractivity contribution in [1.29, 1.82) is 0 Å². The molecular weight excluding hydrogens is 262 g/mol. The van der Waals surface area contributed by atoms with Crippen LogP contribution in [0.15, 0.2) is 18.2 Å². The first-order valence-electron chi connectivity index (χ1n) is 3.73. The summed E-state index contributed by atoms with van der Waals surface area (Å²) in [6.07, 6.45) is -4.99. The van der Waals surface area contributed by atoms with E-state index in [-0.39, 0.29) is 0 Å². The van der Waals surface area contributed by atoms with Gasteiger partial charge in [-0.1, -0.05) is 6.07 Å². The van der Waals surface area contributed by atoms with Crippen molar-refractivity contribution in [2.24, 2.45) is 0 Å². The van der Waals surface area contributed by atoms with Gasteiger partial charge < -0.3 is 4.74 Å². The second-order valence-corrected chi connectivity index (χ2v) is 3.10. The lowest BCUT2D eigenvalue weighted by molar-refractivity contribution is -0.141. The van der Waals surface area contributed by atoms with Gasteiger partial charge in [0.15, 0.2) is 11.6 Å². The maximum Gasteiger partial charge on any atom is 0.487 e. The summed E-state index contributed by atoms with van der Waals surface area (Å²) >= 11 is 4.30. The summed E-state index contributed by atoms with van der Waals surface area (Å²) in [6.45, 7) is 0. The Morgan fingerprint density at radius 2 is 1.62 bits per heavy atom. The summed E-state index contributed by atoms with van der Waals surface area (Å²) in [6, 6.07) is 1.74. The number of ether oxygens (including phenoxy) is 1. The van der Waals surface area contributed by atoms with Gasteiger partial charge in [-0.3, -0.25) is 0 Å². The molecule has 0 aliphatic heterocycles. The molecule has 0 bridgehead atoms. The highest BCUT2D eigenvalue weighted by molar-refractivity contribution is 6.20. The maximum absolute atomic E-state index is 13.1. The van der Waals surface area contributed by atoms with E-state index < -0.39 is 28.9 Å². The Labute approximate surface area is 90.6 Å². The molecule has 0 aliphatic carbocycles. The average molecular weight is 265 g/mol. The van der Waals surface area contributed by atoms with Gasteiger partial charge in [-0.25, -0.2) is 4.39 Å². The van der Waals surface area contributed by atoms with Crippen LogP contribution in [0.2, 0.25) is 0 Å². The number of hydrogen-bond donors (Lipinski definition) is 0. The molecule has 0 radical (unpaired) electrons. The number of hydrogen-bond acceptors (Lipinski definition) is 1. The first kappa shape index (κ1) is 13.0. The van der Waals surface area contributed by atoms with Crippen molar-refractivity contribution in [3.05, 3.63) is 29.6 Å². The third-order valence-corrected chi connectivity index (χ3v) is 1.57. The molecule has 0 unspecified atom stereocenters. The first-order chi connectivity index (χ1) is 7.11. The molecule has 1 aromatic rings. The van der Waals surface area contributed by atoms with E-state index in [0.717, 1.165) is 6.07 Å². The van der Waals surface area contributed by atoms with Crippen molar-refractivity contribution in [2.75, 3.05) is 0 Å². The lowest BCUT2D eigenvalue weighted by atomic mass is 10.2. The molecule has 8 heteroatoms. The van der Waals surface area contributed by atoms with Gasteiger partial charge in [0.1, 0.15) is 0 Å². The summed E-state index contributed by atoms with van der Waals surface area (Å²) in [7, 11) is 0. The summed E-state index contributed by atoms with van der Waals surface area (Å²) in [5.74, 6) is -3.20. The quantitative estimate of drug-likeness (QED) is 0.579. The Hall–Kier alpha value is -1.11. The summed E-state index contributed by atoms with van der Waals surface area (Å²) in [4.78, 5) is 0. The molecule has 0 fully saturated rings. The van der Waals surface area contributed by atoms with Gasteiger partial charge in [-0.15, -0.1) is 8.78 Å². The molecular formula is C8H3ClF6O. The molecule has 1 rings (SSSR count). The zero-order valence-corrected chi connectivity index (χ0v) is 8.04. The molecule has 1 nitrogen and oxygen atoms in total. The molecule has 0 aromatic heterocycles. The monoisotopic (exact) mass is 264 g/mol. The Bertz CT molecular complexity index is 383. The van der Waals surface area contributed by atoms with E-state index in [2.05, 4.69) is 16.3 Å². The summed E-state index contributed by atoms with van der Waals surface area (Å²) in [5.41, 5.74) is -5.98. The van der Waals surface area contributed by atoms with Crippen molar-refractivity contribution in [1.82, 2.24) is 0 Å². The Morgan fingerprint density at radius 3 is 2.06 bits per heavy atom. The van der Waals surface area contributed by atoms with Gasteiger partial charge in [0, 0.05) is 11.6 Å². The molecule has 0 amide bonds. The van der Waals surface area contributed by atoms with Gasteiger partial charge in [0.25, 0.3) is 0 Å². The van der Waals surface area contributed by atoms with E-state index in [4.69, 9.17) is 0 Å². The van der Waals surface area contributed by atoms with Crippen molar-refractivity contribution >= 4 is 11.6 Å². The number of benzene rings is 1. The van der Waals surface area contributed by atoms with Crippen LogP contribution in [0.5, 0.6) is 5.75 Å². The molecule has 0 aliphatic rings. The third kappa shape index (κ3) is 3.19. The van der Waals surface area contributed by atoms with Gasteiger partial charge in [-0.05, 0) is 12.1 Å². The predicted molar refractivity (Wildman–Crippen MR) is 42.8 cm³/mol. The largest absolute Gasteiger partial charge is 0.487 e. The third-order valence-electron chi connectivity index (χ3n) is 1.49. The molecule has 0 heterocycles. The fourth-order valence-electron chi connectivity index (χ4n) is 0.933. The average Bonchev–Trinajstić information content (AvgIpc) is 2.04. The fourth-order valence-corrected chi connectivity index (χ4v) is 1.02. The van der Waals surface area contributed by atoms with Crippen LogP contribution in [0, 0.1) is 5.82 Å². The van der Waals surface area contributed by atoms with E-state index in [0.29, 0.717) is 12.1 Å². The van der Waals surface area contributed by atoms with Crippen molar-refractivity contribution < 1.29 is 31.1 Å². The van der Waals surface area contributed by atoms with Gasteiger partial charge in [-0.2, -0.15) is 13.2 Å². The minimum Gasteiger partial charge on any atom is -0.417 e. The molecule has 0 saturated heterocycles. The standard InChI is InChI=1S/C8H3ClF6O/c9-8(14,15)16-5-3-1-2-4(6(5)10)7(11,12)13/h1-3H. The lowest BCUT2D eigenvalue weighted by Gasteiger charge is -2.14. The maximum atomic E-state index is 13.1. The number of rotatable bonds is 2. The van der Waals surface area contributed by atoms with Gasteiger partial charge in [0.2, 0.25) is 0 Å². The van der Waals surface area contributed by atoms with Crippen LogP contribution in [0.1, 0.15) is 5.56 Å². The Morgan fingerprint density at radius 1 is 1.06 bits per heavy atom. The van der Waals surface area contributed by atoms with Crippen molar-refractivity contribution in [3.8, 4) is 5.75 Å². The first-order valence-corrected chi connectivity index (χ1v) is 4.10. The van der Waals surface area contributed by atoms with Crippen LogP contribution < -0.4 is 4.74 Å². The molecule has 16 heavy (non-hydrogen) atoms. The fraction of sp³-hybridized carbons (Fsp3) is 0.250. The van der Waals surface area contributed by atoms with Crippen LogP contribution in [0.4, 0.5) is 26.3 Å². The van der Waals surface area contributed by atoms with Crippen molar-refractivity contribution in [3.63, 3.8) is 0 Å². The highest BCUT2D eigenvalue weighted by atomic mass is 35.5. The second-order valence-electron chi connectivity index (χ2n) is 2.66. The van der Waals surface area contributed by atoms with E-state index in [1.54, 1.807) is 0 Å². The summed E-state index contributed by atoms with van der Waals surface area (Å²) in [5, 5.41) is 0. The highest BCUT2D eigenvalue weighted by Crippen LogP contribution is 2.36. The van der Waals surface area contributed by atoms with Crippen molar-refractivity contribution in [2.45, 2.75) is 11.7 Å². The molecule has 0 N–H and O–H groups in total. The van der Waals surface area contributed by atoms with Crippen LogP contribution in [0.3, 0.4) is 0 Å². The summed E-state index contributed by atoms with van der Waals surface area (Å²) < 4.78 is 77.2. The Kier molecular flexibility index (Phi) is 3.27. The molecule has 0 saturated carbocycles. The van der Waals surface area contributed by atoms with E-state index >= 15 is 0 Å². The lowest BCUT2D eigenvalue weighted by Crippen LogP contribution is -2.18. The van der Waals surface area contributed by atoms with Crippen LogP contribution in [0.25, 0.3) is 0 Å². The normalized spacial score (nSPS) is 12.7. The van der Waals surface area contributed by atoms with Gasteiger partial charge >= 0.3 is 11.7 Å². The SMILES string of the molecule is Fc1c(OC(F)(F)Cl)cccc1C(F)(F)F. The predicted octanol–water partition coefficient (Wildman–Crippen LogP) is 4.01. The van der Waals surface area contributed by atoms with E-state index in [1.165, 1.54) is 0 Å². The zero-order valence-electron chi connectivity index (χ0n) is 7.29.